The number of nitrogens with zero attached hydrogens (tertiary/aromatic N) is 5. The van der Waals surface area contributed by atoms with E-state index in [9.17, 15) is 9.59 Å². The van der Waals surface area contributed by atoms with Crippen molar-refractivity contribution in [2.24, 2.45) is 0 Å². The predicted octanol–water partition coefficient (Wildman–Crippen LogP) is 2.57. The van der Waals surface area contributed by atoms with Crippen LogP contribution >= 0.6 is 0 Å². The van der Waals surface area contributed by atoms with E-state index in [-0.39, 0.29) is 24.1 Å². The first-order valence-electron chi connectivity index (χ1n) is 10.0. The fourth-order valence-corrected chi connectivity index (χ4v) is 4.14. The average Bonchev–Trinajstić information content (AvgIpc) is 3.36. The summed E-state index contributed by atoms with van der Waals surface area (Å²) in [5, 5.41) is 4.69. The lowest BCUT2D eigenvalue weighted by Gasteiger charge is -2.23. The lowest BCUT2D eigenvalue weighted by molar-refractivity contribution is -0.119. The molecule has 0 saturated carbocycles. The third kappa shape index (κ3) is 3.16. The van der Waals surface area contributed by atoms with E-state index in [4.69, 9.17) is 4.74 Å². The van der Waals surface area contributed by atoms with Gasteiger partial charge in [-0.2, -0.15) is 5.10 Å². The van der Waals surface area contributed by atoms with Gasteiger partial charge in [-0.3, -0.25) is 14.2 Å². The first-order valence-corrected chi connectivity index (χ1v) is 10.0. The summed E-state index contributed by atoms with van der Waals surface area (Å²) in [5.41, 5.74) is 2.97. The summed E-state index contributed by atoms with van der Waals surface area (Å²) in [4.78, 5) is 32.3. The number of para-hydroxylation sites is 1. The SMILES string of the molecule is COc1ccc(-n2ncc3c(=O)n(CC(=O)N4c5ccccc5C[C@H]4C)cnc32)cc1. The molecule has 0 spiro atoms. The van der Waals surface area contributed by atoms with Crippen LogP contribution in [0, 0.1) is 0 Å². The maximum atomic E-state index is 13.1. The van der Waals surface area contributed by atoms with Gasteiger partial charge in [0.2, 0.25) is 5.91 Å². The number of ether oxygens (including phenoxy) is 1. The van der Waals surface area contributed by atoms with Gasteiger partial charge in [0.15, 0.2) is 5.65 Å². The third-order valence-corrected chi connectivity index (χ3v) is 5.65. The van der Waals surface area contributed by atoms with Gasteiger partial charge in [-0.05, 0) is 49.2 Å². The van der Waals surface area contributed by atoms with Crippen LogP contribution in [-0.2, 0) is 17.8 Å². The molecule has 5 rings (SSSR count). The highest BCUT2D eigenvalue weighted by Gasteiger charge is 2.30. The van der Waals surface area contributed by atoms with E-state index in [0.29, 0.717) is 11.0 Å². The van der Waals surface area contributed by atoms with E-state index in [0.717, 1.165) is 29.1 Å². The molecule has 0 aliphatic carbocycles. The van der Waals surface area contributed by atoms with Crippen molar-refractivity contribution in [1.29, 1.82) is 0 Å². The van der Waals surface area contributed by atoms with E-state index in [1.165, 1.54) is 17.1 Å². The van der Waals surface area contributed by atoms with Crippen LogP contribution in [0.2, 0.25) is 0 Å². The highest BCUT2D eigenvalue weighted by Crippen LogP contribution is 2.31. The summed E-state index contributed by atoms with van der Waals surface area (Å²) < 4.78 is 8.13. The highest BCUT2D eigenvalue weighted by atomic mass is 16.5. The minimum Gasteiger partial charge on any atom is -0.497 e. The fraction of sp³-hybridized carbons (Fsp3) is 0.217. The van der Waals surface area contributed by atoms with Crippen molar-refractivity contribution in [2.45, 2.75) is 25.9 Å². The summed E-state index contributed by atoms with van der Waals surface area (Å²) in [6, 6.07) is 15.2. The topological polar surface area (TPSA) is 82.2 Å². The molecule has 156 valence electrons. The number of carbonyl (C=O) groups is 1. The van der Waals surface area contributed by atoms with Gasteiger partial charge in [0.1, 0.15) is 24.0 Å². The number of aromatic nitrogens is 4. The van der Waals surface area contributed by atoms with E-state index < -0.39 is 0 Å². The molecule has 4 aromatic rings. The molecule has 1 amide bonds. The molecule has 2 aromatic carbocycles. The van der Waals surface area contributed by atoms with Crippen molar-refractivity contribution in [3.8, 4) is 11.4 Å². The first-order chi connectivity index (χ1) is 15.1. The number of methoxy groups -OCH3 is 1. The zero-order valence-corrected chi connectivity index (χ0v) is 17.2. The molecule has 1 aliphatic rings. The standard InChI is InChI=1S/C23H21N5O3/c1-15-11-16-5-3-4-6-20(16)27(15)21(29)13-26-14-24-22-19(23(26)30)12-25-28(22)17-7-9-18(31-2)10-8-17/h3-10,12,14-15H,11,13H2,1-2H3/t15-/m1/s1. The number of rotatable bonds is 4. The average molecular weight is 415 g/mol. The van der Waals surface area contributed by atoms with Gasteiger partial charge in [0, 0.05) is 11.7 Å². The number of benzene rings is 2. The second-order valence-electron chi connectivity index (χ2n) is 7.61. The molecule has 31 heavy (non-hydrogen) atoms. The lowest BCUT2D eigenvalue weighted by Crippen LogP contribution is -2.40. The van der Waals surface area contributed by atoms with Crippen molar-refractivity contribution in [1.82, 2.24) is 19.3 Å². The van der Waals surface area contributed by atoms with Crippen LogP contribution < -0.4 is 15.2 Å². The fourth-order valence-electron chi connectivity index (χ4n) is 4.14. The molecular weight excluding hydrogens is 394 g/mol. The van der Waals surface area contributed by atoms with Gasteiger partial charge >= 0.3 is 0 Å². The first kappa shape index (κ1) is 19.0. The van der Waals surface area contributed by atoms with Gasteiger partial charge in [0.25, 0.3) is 5.56 Å². The Balaban J connectivity index is 1.46. The molecule has 2 aromatic heterocycles. The quantitative estimate of drug-likeness (QED) is 0.512. The van der Waals surface area contributed by atoms with Crippen LogP contribution in [0.5, 0.6) is 5.75 Å². The van der Waals surface area contributed by atoms with E-state index >= 15 is 0 Å². The third-order valence-electron chi connectivity index (χ3n) is 5.65. The van der Waals surface area contributed by atoms with Gasteiger partial charge in [-0.1, -0.05) is 18.2 Å². The smallest absolute Gasteiger partial charge is 0.264 e. The second-order valence-corrected chi connectivity index (χ2v) is 7.61. The number of hydrogen-bond acceptors (Lipinski definition) is 5. The van der Waals surface area contributed by atoms with Crippen molar-refractivity contribution >= 4 is 22.6 Å². The van der Waals surface area contributed by atoms with Crippen LogP contribution in [0.4, 0.5) is 5.69 Å². The number of fused-ring (bicyclic) bond motifs is 2. The molecule has 0 radical (unpaired) electrons. The maximum Gasteiger partial charge on any atom is 0.264 e. The minimum atomic E-state index is -0.293. The lowest BCUT2D eigenvalue weighted by atomic mass is 10.1. The molecule has 0 unspecified atom stereocenters. The van der Waals surface area contributed by atoms with Crippen molar-refractivity contribution in [2.75, 3.05) is 12.0 Å². The van der Waals surface area contributed by atoms with Crippen molar-refractivity contribution in [3.63, 3.8) is 0 Å². The Hall–Kier alpha value is -3.94. The molecule has 1 aliphatic heterocycles. The van der Waals surface area contributed by atoms with Gasteiger partial charge < -0.3 is 9.64 Å². The zero-order valence-electron chi connectivity index (χ0n) is 17.2. The van der Waals surface area contributed by atoms with Crippen LogP contribution in [0.1, 0.15) is 12.5 Å². The number of anilines is 1. The number of hydrogen-bond donors (Lipinski definition) is 0. The largest absolute Gasteiger partial charge is 0.497 e. The van der Waals surface area contributed by atoms with Crippen LogP contribution in [-0.4, -0.2) is 38.4 Å². The van der Waals surface area contributed by atoms with Crippen LogP contribution in [0.15, 0.2) is 65.8 Å². The maximum absolute atomic E-state index is 13.1. The van der Waals surface area contributed by atoms with Crippen LogP contribution in [0.3, 0.4) is 0 Å². The molecule has 8 nitrogen and oxygen atoms in total. The van der Waals surface area contributed by atoms with Crippen LogP contribution in [0.25, 0.3) is 16.7 Å². The highest BCUT2D eigenvalue weighted by molar-refractivity contribution is 5.96. The van der Waals surface area contributed by atoms with Gasteiger partial charge in [-0.15, -0.1) is 0 Å². The Morgan fingerprint density at radius 3 is 2.71 bits per heavy atom. The molecule has 3 heterocycles. The summed E-state index contributed by atoms with van der Waals surface area (Å²) in [5.74, 6) is 0.593. The van der Waals surface area contributed by atoms with E-state index in [1.54, 1.807) is 16.7 Å². The normalized spacial score (nSPS) is 15.3. The van der Waals surface area contributed by atoms with Crippen molar-refractivity contribution < 1.29 is 9.53 Å². The van der Waals surface area contributed by atoms with Gasteiger partial charge in [0.05, 0.1) is 19.0 Å². The Labute approximate surface area is 178 Å². The summed E-state index contributed by atoms with van der Waals surface area (Å²) in [7, 11) is 1.60. The van der Waals surface area contributed by atoms with Gasteiger partial charge in [-0.25, -0.2) is 9.67 Å². The summed E-state index contributed by atoms with van der Waals surface area (Å²) >= 11 is 0. The summed E-state index contributed by atoms with van der Waals surface area (Å²) in [6.07, 6.45) is 3.71. The zero-order chi connectivity index (χ0) is 21.5. The van der Waals surface area contributed by atoms with E-state index in [2.05, 4.69) is 10.1 Å². The molecule has 0 fully saturated rings. The molecule has 0 N–H and O–H groups in total. The molecule has 8 heteroatoms. The Kier molecular flexibility index (Phi) is 4.54. The monoisotopic (exact) mass is 415 g/mol. The molecular formula is C23H21N5O3. The number of carbonyl (C=O) groups excluding carboxylic acids is 1. The van der Waals surface area contributed by atoms with E-state index in [1.807, 2.05) is 55.5 Å². The molecule has 1 atom stereocenters. The second kappa shape index (κ2) is 7.39. The van der Waals surface area contributed by atoms with Crippen molar-refractivity contribution in [3.05, 3.63) is 77.0 Å². The summed E-state index contributed by atoms with van der Waals surface area (Å²) in [6.45, 7) is 1.94. The Bertz CT molecular complexity index is 1340. The molecule has 0 bridgehead atoms. The predicted molar refractivity (Wildman–Crippen MR) is 117 cm³/mol. The molecule has 0 saturated heterocycles. The number of amides is 1. The Morgan fingerprint density at radius 2 is 1.94 bits per heavy atom. The Morgan fingerprint density at radius 1 is 1.16 bits per heavy atom. The minimum absolute atomic E-state index is 0.0510.